The molecule has 1 aromatic rings. The Balaban J connectivity index is 2.33. The fraction of sp³-hybridized carbons (Fsp3) is 0.538. The zero-order chi connectivity index (χ0) is 13.1. The van der Waals surface area contributed by atoms with E-state index >= 15 is 0 Å². The summed E-state index contributed by atoms with van der Waals surface area (Å²) in [6, 6.07) is 5.67. The second-order valence-electron chi connectivity index (χ2n) is 4.76. The zero-order valence-electron chi connectivity index (χ0n) is 10.4. The van der Waals surface area contributed by atoms with Crippen LogP contribution >= 0.6 is 11.6 Å². The van der Waals surface area contributed by atoms with Crippen molar-refractivity contribution in [2.75, 3.05) is 11.9 Å². The van der Waals surface area contributed by atoms with Crippen molar-refractivity contribution in [2.24, 2.45) is 0 Å². The van der Waals surface area contributed by atoms with Crippen LogP contribution in [0.15, 0.2) is 18.2 Å². The number of benzene rings is 1. The highest BCUT2D eigenvalue weighted by Gasteiger charge is 2.25. The first-order chi connectivity index (χ1) is 8.63. The van der Waals surface area contributed by atoms with E-state index in [2.05, 4.69) is 0 Å². The minimum Gasteiger partial charge on any atom is -0.366 e. The van der Waals surface area contributed by atoms with Crippen LogP contribution in [0.4, 0.5) is 11.4 Å². The molecule has 1 aliphatic carbocycles. The quantitative estimate of drug-likeness (QED) is 0.475. The number of hydrogen-bond donors (Lipinski definition) is 0. The highest BCUT2D eigenvalue weighted by atomic mass is 35.5. The molecule has 5 heteroatoms. The first-order valence-corrected chi connectivity index (χ1v) is 6.73. The fourth-order valence-corrected chi connectivity index (χ4v) is 2.75. The minimum absolute atomic E-state index is 0.155. The summed E-state index contributed by atoms with van der Waals surface area (Å²) >= 11 is 5.73. The third-order valence-corrected chi connectivity index (χ3v) is 3.95. The van der Waals surface area contributed by atoms with Crippen molar-refractivity contribution in [3.8, 4) is 0 Å². The normalized spacial score (nSPS) is 15.9. The molecule has 0 unspecified atom stereocenters. The number of halogens is 1. The third kappa shape index (κ3) is 2.58. The molecular formula is C13H17ClN2O2. The number of anilines is 1. The van der Waals surface area contributed by atoms with Gasteiger partial charge in [-0.05, 0) is 24.5 Å². The number of hydrogen-bond acceptors (Lipinski definition) is 3. The summed E-state index contributed by atoms with van der Waals surface area (Å²) in [4.78, 5) is 12.9. The monoisotopic (exact) mass is 268 g/mol. The maximum Gasteiger partial charge on any atom is 0.292 e. The molecule has 1 saturated carbocycles. The lowest BCUT2D eigenvalue weighted by Crippen LogP contribution is -2.29. The summed E-state index contributed by atoms with van der Waals surface area (Å²) in [7, 11) is 1.94. The molecule has 1 aromatic carbocycles. The van der Waals surface area contributed by atoms with Gasteiger partial charge in [0.25, 0.3) is 5.69 Å². The van der Waals surface area contributed by atoms with Crippen LogP contribution in [-0.4, -0.2) is 18.0 Å². The Hall–Kier alpha value is -1.29. The van der Waals surface area contributed by atoms with Gasteiger partial charge in [0.1, 0.15) is 5.69 Å². The van der Waals surface area contributed by atoms with Crippen LogP contribution in [0.25, 0.3) is 0 Å². The lowest BCUT2D eigenvalue weighted by molar-refractivity contribution is -0.384. The third-order valence-electron chi connectivity index (χ3n) is 3.64. The molecule has 4 nitrogen and oxygen atoms in total. The minimum atomic E-state index is -0.323. The molecule has 0 aromatic heterocycles. The predicted octanol–water partition coefficient (Wildman–Crippen LogP) is 3.71. The van der Waals surface area contributed by atoms with Crippen molar-refractivity contribution in [1.82, 2.24) is 0 Å². The smallest absolute Gasteiger partial charge is 0.292 e. The van der Waals surface area contributed by atoms with E-state index in [-0.39, 0.29) is 10.6 Å². The van der Waals surface area contributed by atoms with E-state index in [1.165, 1.54) is 12.8 Å². The Morgan fingerprint density at radius 3 is 2.67 bits per heavy atom. The molecule has 0 amide bonds. The van der Waals surface area contributed by atoms with Gasteiger partial charge in [0.2, 0.25) is 0 Å². The van der Waals surface area contributed by atoms with Gasteiger partial charge in [0, 0.05) is 25.0 Å². The van der Waals surface area contributed by atoms with Crippen molar-refractivity contribution in [3.63, 3.8) is 0 Å². The summed E-state index contributed by atoms with van der Waals surface area (Å²) in [6.45, 7) is 0. The van der Waals surface area contributed by atoms with Crippen molar-refractivity contribution < 1.29 is 4.92 Å². The molecule has 0 spiro atoms. The lowest BCUT2D eigenvalue weighted by Gasteiger charge is -2.26. The standard InChI is InChI=1S/C13H17ClN2O2/c1-15(11-4-2-3-5-11)12-7-6-10(9-14)8-13(12)16(17)18/h6-8,11H,2-5,9H2,1H3. The van der Waals surface area contributed by atoms with Crippen LogP contribution in [0.5, 0.6) is 0 Å². The molecule has 98 valence electrons. The van der Waals surface area contributed by atoms with Gasteiger partial charge in [-0.1, -0.05) is 18.9 Å². The number of rotatable bonds is 4. The zero-order valence-corrected chi connectivity index (χ0v) is 11.2. The highest BCUT2D eigenvalue weighted by Crippen LogP contribution is 2.34. The highest BCUT2D eigenvalue weighted by molar-refractivity contribution is 6.17. The van der Waals surface area contributed by atoms with Crippen LogP contribution in [0.3, 0.4) is 0 Å². The molecule has 1 fully saturated rings. The van der Waals surface area contributed by atoms with Crippen molar-refractivity contribution in [2.45, 2.75) is 37.6 Å². The van der Waals surface area contributed by atoms with Crippen LogP contribution in [-0.2, 0) is 5.88 Å². The molecule has 0 radical (unpaired) electrons. The van der Waals surface area contributed by atoms with Gasteiger partial charge < -0.3 is 4.90 Å². The topological polar surface area (TPSA) is 46.4 Å². The number of alkyl halides is 1. The average Bonchev–Trinajstić information content (AvgIpc) is 2.91. The second-order valence-corrected chi connectivity index (χ2v) is 5.03. The molecule has 0 atom stereocenters. The van der Waals surface area contributed by atoms with Gasteiger partial charge >= 0.3 is 0 Å². The molecular weight excluding hydrogens is 252 g/mol. The SMILES string of the molecule is CN(c1ccc(CCl)cc1[N+](=O)[O-])C1CCCC1. The largest absolute Gasteiger partial charge is 0.366 e. The molecule has 0 saturated heterocycles. The van der Waals surface area contributed by atoms with Gasteiger partial charge in [-0.15, -0.1) is 11.6 Å². The number of nitro benzene ring substituents is 1. The molecule has 1 aliphatic rings. The van der Waals surface area contributed by atoms with Crippen LogP contribution in [0, 0.1) is 10.1 Å². The van der Waals surface area contributed by atoms with E-state index in [0.717, 1.165) is 18.4 Å². The maximum absolute atomic E-state index is 11.1. The molecule has 0 N–H and O–H groups in total. The maximum atomic E-state index is 11.1. The lowest BCUT2D eigenvalue weighted by atomic mass is 10.1. The summed E-state index contributed by atoms with van der Waals surface area (Å²) < 4.78 is 0. The molecule has 0 heterocycles. The first-order valence-electron chi connectivity index (χ1n) is 6.19. The molecule has 0 bridgehead atoms. The second kappa shape index (κ2) is 5.57. The van der Waals surface area contributed by atoms with E-state index < -0.39 is 0 Å². The predicted molar refractivity (Wildman–Crippen MR) is 73.3 cm³/mol. The Morgan fingerprint density at radius 2 is 2.11 bits per heavy atom. The summed E-state index contributed by atoms with van der Waals surface area (Å²) in [6.07, 6.45) is 4.65. The Bertz CT molecular complexity index is 445. The van der Waals surface area contributed by atoms with Crippen molar-refractivity contribution in [1.29, 1.82) is 0 Å². The van der Waals surface area contributed by atoms with E-state index in [0.29, 0.717) is 17.6 Å². The van der Waals surface area contributed by atoms with E-state index in [9.17, 15) is 10.1 Å². The van der Waals surface area contributed by atoms with E-state index in [1.54, 1.807) is 6.07 Å². The average molecular weight is 269 g/mol. The number of nitrogens with zero attached hydrogens (tertiary/aromatic N) is 2. The molecule has 0 aliphatic heterocycles. The van der Waals surface area contributed by atoms with Crippen LogP contribution in [0.2, 0.25) is 0 Å². The Kier molecular flexibility index (Phi) is 4.07. The van der Waals surface area contributed by atoms with Gasteiger partial charge in [0.15, 0.2) is 0 Å². The summed E-state index contributed by atoms with van der Waals surface area (Å²) in [5, 5.41) is 11.1. The first kappa shape index (κ1) is 13.1. The number of nitro groups is 1. The van der Waals surface area contributed by atoms with Gasteiger partial charge in [-0.25, -0.2) is 0 Å². The van der Waals surface area contributed by atoms with Gasteiger partial charge in [-0.3, -0.25) is 10.1 Å². The van der Waals surface area contributed by atoms with Crippen molar-refractivity contribution in [3.05, 3.63) is 33.9 Å². The summed E-state index contributed by atoms with van der Waals surface area (Å²) in [5.41, 5.74) is 1.63. The summed E-state index contributed by atoms with van der Waals surface area (Å²) in [5.74, 6) is 0.300. The fourth-order valence-electron chi connectivity index (χ4n) is 2.58. The van der Waals surface area contributed by atoms with Gasteiger partial charge in [0.05, 0.1) is 4.92 Å². The van der Waals surface area contributed by atoms with Crippen LogP contribution in [0.1, 0.15) is 31.2 Å². The Labute approximate surface area is 112 Å². The van der Waals surface area contributed by atoms with Gasteiger partial charge in [-0.2, -0.15) is 0 Å². The van der Waals surface area contributed by atoms with Crippen LogP contribution < -0.4 is 4.90 Å². The van der Waals surface area contributed by atoms with E-state index in [4.69, 9.17) is 11.6 Å². The van der Waals surface area contributed by atoms with E-state index in [1.807, 2.05) is 24.1 Å². The van der Waals surface area contributed by atoms with Crippen molar-refractivity contribution >= 4 is 23.0 Å². The molecule has 2 rings (SSSR count). The Morgan fingerprint density at radius 1 is 1.44 bits per heavy atom. The molecule has 18 heavy (non-hydrogen) atoms.